The van der Waals surface area contributed by atoms with Crippen LogP contribution in [0.25, 0.3) is 0 Å². The van der Waals surface area contributed by atoms with Gasteiger partial charge in [0.05, 0.1) is 12.1 Å². The molecule has 0 aliphatic heterocycles. The van der Waals surface area contributed by atoms with Gasteiger partial charge in [0.25, 0.3) is 0 Å². The Bertz CT molecular complexity index is 656. The Balaban J connectivity index is 2.43. The van der Waals surface area contributed by atoms with E-state index >= 15 is 0 Å². The van der Waals surface area contributed by atoms with Crippen LogP contribution in [0.2, 0.25) is 10.0 Å². The lowest BCUT2D eigenvalue weighted by atomic mass is 10.2. The molecule has 0 heterocycles. The maximum Gasteiger partial charge on any atom is 0.339 e. The SMILES string of the molecule is COc1ccc(C(=O)O)c(Oc2ccc(Cl)cc2Cl)c1. The zero-order valence-corrected chi connectivity index (χ0v) is 11.9. The lowest BCUT2D eigenvalue weighted by molar-refractivity contribution is 0.0694. The molecule has 0 radical (unpaired) electrons. The van der Waals surface area contributed by atoms with E-state index < -0.39 is 5.97 Å². The Labute approximate surface area is 125 Å². The molecular weight excluding hydrogens is 303 g/mol. The molecule has 0 fully saturated rings. The monoisotopic (exact) mass is 312 g/mol. The number of carboxylic acids is 1. The molecule has 2 aromatic carbocycles. The van der Waals surface area contributed by atoms with E-state index in [1.165, 1.54) is 25.3 Å². The molecule has 0 bridgehead atoms. The second-order valence-electron chi connectivity index (χ2n) is 3.84. The molecule has 20 heavy (non-hydrogen) atoms. The van der Waals surface area contributed by atoms with E-state index in [2.05, 4.69) is 0 Å². The number of methoxy groups -OCH3 is 1. The third-order valence-corrected chi connectivity index (χ3v) is 3.06. The number of halogens is 2. The number of rotatable bonds is 4. The van der Waals surface area contributed by atoms with Gasteiger partial charge in [-0.25, -0.2) is 4.79 Å². The summed E-state index contributed by atoms with van der Waals surface area (Å²) in [6, 6.07) is 9.10. The average molecular weight is 313 g/mol. The van der Waals surface area contributed by atoms with Gasteiger partial charge in [0.2, 0.25) is 0 Å². The molecule has 0 aliphatic carbocycles. The fourth-order valence-electron chi connectivity index (χ4n) is 1.57. The molecule has 2 aromatic rings. The van der Waals surface area contributed by atoms with Gasteiger partial charge in [-0.15, -0.1) is 0 Å². The van der Waals surface area contributed by atoms with Crippen molar-refractivity contribution >= 4 is 29.2 Å². The van der Waals surface area contributed by atoms with Gasteiger partial charge >= 0.3 is 5.97 Å². The number of hydrogen-bond acceptors (Lipinski definition) is 3. The van der Waals surface area contributed by atoms with Crippen LogP contribution in [0.3, 0.4) is 0 Å². The van der Waals surface area contributed by atoms with Gasteiger partial charge in [0.15, 0.2) is 0 Å². The number of hydrogen-bond donors (Lipinski definition) is 1. The van der Waals surface area contributed by atoms with Gasteiger partial charge in [-0.1, -0.05) is 23.2 Å². The molecule has 0 aromatic heterocycles. The molecule has 0 amide bonds. The van der Waals surface area contributed by atoms with E-state index in [0.717, 1.165) is 0 Å². The van der Waals surface area contributed by atoms with Crippen LogP contribution in [0, 0.1) is 0 Å². The molecule has 0 unspecified atom stereocenters. The van der Waals surface area contributed by atoms with Crippen molar-refractivity contribution in [2.45, 2.75) is 0 Å². The van der Waals surface area contributed by atoms with Crippen molar-refractivity contribution in [3.63, 3.8) is 0 Å². The fraction of sp³-hybridized carbons (Fsp3) is 0.0714. The van der Waals surface area contributed by atoms with E-state index in [1.807, 2.05) is 0 Å². The normalized spacial score (nSPS) is 10.2. The summed E-state index contributed by atoms with van der Waals surface area (Å²) in [4.78, 5) is 11.2. The van der Waals surface area contributed by atoms with Crippen LogP contribution in [0.5, 0.6) is 17.2 Å². The first kappa shape index (κ1) is 14.5. The van der Waals surface area contributed by atoms with Gasteiger partial charge in [-0.2, -0.15) is 0 Å². The standard InChI is InChI=1S/C14H10Cl2O4/c1-19-9-3-4-10(14(17)18)13(7-9)20-12-5-2-8(15)6-11(12)16/h2-7H,1H3,(H,17,18). The van der Waals surface area contributed by atoms with E-state index in [9.17, 15) is 4.79 Å². The zero-order chi connectivity index (χ0) is 14.7. The minimum Gasteiger partial charge on any atom is -0.497 e. The quantitative estimate of drug-likeness (QED) is 0.903. The highest BCUT2D eigenvalue weighted by molar-refractivity contribution is 6.35. The highest BCUT2D eigenvalue weighted by atomic mass is 35.5. The van der Waals surface area contributed by atoms with Gasteiger partial charge in [-0.05, 0) is 30.3 Å². The number of ether oxygens (including phenoxy) is 2. The van der Waals surface area contributed by atoms with Gasteiger partial charge in [-0.3, -0.25) is 0 Å². The van der Waals surface area contributed by atoms with Crippen LogP contribution in [0.1, 0.15) is 10.4 Å². The Morgan fingerprint density at radius 1 is 1.10 bits per heavy atom. The smallest absolute Gasteiger partial charge is 0.339 e. The lowest BCUT2D eigenvalue weighted by Crippen LogP contribution is -2.00. The topological polar surface area (TPSA) is 55.8 Å². The Morgan fingerprint density at radius 2 is 1.85 bits per heavy atom. The summed E-state index contributed by atoms with van der Waals surface area (Å²) in [5, 5.41) is 9.90. The third kappa shape index (κ3) is 3.15. The van der Waals surface area contributed by atoms with Crippen molar-refractivity contribution in [2.75, 3.05) is 7.11 Å². The number of benzene rings is 2. The molecule has 104 valence electrons. The predicted octanol–water partition coefficient (Wildman–Crippen LogP) is 4.49. The molecule has 2 rings (SSSR count). The molecule has 0 saturated carbocycles. The number of carboxylic acid groups (broad SMARTS) is 1. The van der Waals surface area contributed by atoms with Gasteiger partial charge in [0, 0.05) is 11.1 Å². The van der Waals surface area contributed by atoms with Crippen LogP contribution in [-0.4, -0.2) is 18.2 Å². The first-order chi connectivity index (χ1) is 9.51. The summed E-state index contributed by atoms with van der Waals surface area (Å²) in [5.41, 5.74) is 0.0109. The number of aromatic carboxylic acids is 1. The largest absolute Gasteiger partial charge is 0.497 e. The predicted molar refractivity (Wildman–Crippen MR) is 76.5 cm³/mol. The van der Waals surface area contributed by atoms with Crippen molar-refractivity contribution in [3.05, 3.63) is 52.0 Å². The average Bonchev–Trinajstić information content (AvgIpc) is 2.41. The molecule has 6 heteroatoms. The summed E-state index contributed by atoms with van der Waals surface area (Å²) in [6.07, 6.45) is 0. The summed E-state index contributed by atoms with van der Waals surface area (Å²) in [5.74, 6) is -0.171. The van der Waals surface area contributed by atoms with Crippen molar-refractivity contribution in [3.8, 4) is 17.2 Å². The van der Waals surface area contributed by atoms with Gasteiger partial charge in [0.1, 0.15) is 22.8 Å². The van der Waals surface area contributed by atoms with Crippen LogP contribution in [-0.2, 0) is 0 Å². The zero-order valence-electron chi connectivity index (χ0n) is 10.4. The second-order valence-corrected chi connectivity index (χ2v) is 4.69. The van der Waals surface area contributed by atoms with E-state index in [0.29, 0.717) is 16.5 Å². The highest BCUT2D eigenvalue weighted by Crippen LogP contribution is 2.34. The minimum absolute atomic E-state index is 0.0109. The Hall–Kier alpha value is -1.91. The highest BCUT2D eigenvalue weighted by Gasteiger charge is 2.14. The maximum atomic E-state index is 11.2. The van der Waals surface area contributed by atoms with Crippen molar-refractivity contribution < 1.29 is 19.4 Å². The lowest BCUT2D eigenvalue weighted by Gasteiger charge is -2.11. The molecule has 0 spiro atoms. The minimum atomic E-state index is -1.10. The van der Waals surface area contributed by atoms with Gasteiger partial charge < -0.3 is 14.6 Å². The molecule has 1 N–H and O–H groups in total. The summed E-state index contributed by atoms with van der Waals surface area (Å²) in [7, 11) is 1.48. The van der Waals surface area contributed by atoms with E-state index in [-0.39, 0.29) is 16.3 Å². The first-order valence-corrected chi connectivity index (χ1v) is 6.31. The Kier molecular flexibility index (Phi) is 4.37. The van der Waals surface area contributed by atoms with Crippen molar-refractivity contribution in [1.29, 1.82) is 0 Å². The Morgan fingerprint density at radius 3 is 2.45 bits per heavy atom. The number of carbonyl (C=O) groups is 1. The van der Waals surface area contributed by atoms with Crippen LogP contribution >= 0.6 is 23.2 Å². The van der Waals surface area contributed by atoms with E-state index in [4.69, 9.17) is 37.8 Å². The van der Waals surface area contributed by atoms with E-state index in [1.54, 1.807) is 18.2 Å². The molecule has 0 atom stereocenters. The van der Waals surface area contributed by atoms with Crippen LogP contribution < -0.4 is 9.47 Å². The summed E-state index contributed by atoms with van der Waals surface area (Å²) in [6.45, 7) is 0. The van der Waals surface area contributed by atoms with Crippen LogP contribution in [0.4, 0.5) is 0 Å². The maximum absolute atomic E-state index is 11.2. The van der Waals surface area contributed by atoms with Crippen molar-refractivity contribution in [1.82, 2.24) is 0 Å². The second kappa shape index (κ2) is 6.03. The van der Waals surface area contributed by atoms with Crippen molar-refractivity contribution in [2.24, 2.45) is 0 Å². The molecular formula is C14H10Cl2O4. The molecule has 4 nitrogen and oxygen atoms in total. The molecule has 0 aliphatic rings. The third-order valence-electron chi connectivity index (χ3n) is 2.53. The summed E-state index contributed by atoms with van der Waals surface area (Å²) >= 11 is 11.8. The van der Waals surface area contributed by atoms with Crippen LogP contribution in [0.15, 0.2) is 36.4 Å². The fourth-order valence-corrected chi connectivity index (χ4v) is 2.01. The summed E-state index contributed by atoms with van der Waals surface area (Å²) < 4.78 is 10.6. The first-order valence-electron chi connectivity index (χ1n) is 5.55. The molecule has 0 saturated heterocycles.